The molecule has 432 valence electrons. The summed E-state index contributed by atoms with van der Waals surface area (Å²) in [5, 5.41) is 5.26. The van der Waals surface area contributed by atoms with Gasteiger partial charge >= 0.3 is 6.09 Å². The van der Waals surface area contributed by atoms with Gasteiger partial charge in [0.15, 0.2) is 0 Å². The highest BCUT2D eigenvalue weighted by Gasteiger charge is 2.64. The number of carbonyl (C=O) groups excluding carboxylic acids is 1. The summed E-state index contributed by atoms with van der Waals surface area (Å²) in [7, 11) is -5.39. The number of amides is 1. The van der Waals surface area contributed by atoms with Crippen molar-refractivity contribution < 1.29 is 18.4 Å². The van der Waals surface area contributed by atoms with Crippen LogP contribution in [-0.2, 0) is 26.7 Å². The van der Waals surface area contributed by atoms with Gasteiger partial charge < -0.3 is 13.6 Å². The van der Waals surface area contributed by atoms with E-state index in [9.17, 15) is 4.79 Å². The lowest BCUT2D eigenvalue weighted by molar-refractivity contribution is 0.00794. The van der Waals surface area contributed by atoms with E-state index in [1.807, 2.05) is 6.92 Å². The van der Waals surface area contributed by atoms with E-state index in [1.54, 1.807) is 0 Å². The number of halogens is 1. The molecule has 0 aromatic heterocycles. The molecule has 81 heavy (non-hydrogen) atoms. The Morgan fingerprint density at radius 1 is 0.494 bits per heavy atom. The molecule has 6 bridgehead atoms. The van der Waals surface area contributed by atoms with Crippen LogP contribution in [0.1, 0.15) is 99.1 Å². The molecule has 2 aliphatic carbocycles. The smallest absolute Gasteiger partial charge is 0.410 e. The lowest BCUT2D eigenvalue weighted by Gasteiger charge is -2.48. The number of likely N-dealkylation sites (tertiary alicyclic amines) is 2. The molecule has 4 aliphatic heterocycles. The zero-order chi connectivity index (χ0) is 56.5. The Kier molecular flexibility index (Phi) is 19.4. The van der Waals surface area contributed by atoms with Gasteiger partial charge in [-0.1, -0.05) is 251 Å². The van der Waals surface area contributed by atoms with Crippen molar-refractivity contribution >= 4 is 70.8 Å². The van der Waals surface area contributed by atoms with Crippen LogP contribution >= 0.6 is 21.8 Å². The molecule has 4 saturated heterocycles. The van der Waals surface area contributed by atoms with Gasteiger partial charge in [0.05, 0.1) is 36.9 Å². The number of nitrogens with zero attached hydrogens (tertiary/aromatic N) is 3. The normalized spacial score (nSPS) is 25.9. The second kappa shape index (κ2) is 25.6. The van der Waals surface area contributed by atoms with Gasteiger partial charge in [-0.2, -0.15) is 0 Å². The molecule has 2 saturated carbocycles. The van der Waals surface area contributed by atoms with Crippen molar-refractivity contribution in [1.82, 2.24) is 14.7 Å². The monoisotopic (exact) mass is 1250 g/mol. The zero-order valence-electron chi connectivity index (χ0n) is 49.5. The second-order valence-corrected chi connectivity index (χ2v) is 49.4. The molecule has 6 aliphatic rings. The zero-order valence-corrected chi connectivity index (χ0v) is 54.7. The third-order valence-electron chi connectivity index (χ3n) is 18.4. The maximum atomic E-state index is 13.5. The molecule has 7 nitrogen and oxygen atoms in total. The second-order valence-electron chi connectivity index (χ2n) is 27.0. The molecule has 1 amide bonds. The standard InChI is InChI=1S/C34H42N2O3Si.C32H39NOSi.C3H9ISi.CH4/c1-5-38-33(37)36-29-21-26-22-30(36)32(31(29)35(24-26)23-25-15-9-6-10-16-25)39-40(34(2,3)4,27-17-11-7-12-18-27)28-19-13-8-14-20-28;1-32(2,3)35(28-15-9-5-10-16-28,29-17-11-6-12-18-29)34-31-27-20-25-19-26(21-27)30(31)33(23-25)22-24-13-7-4-8-14-24;1-5(2,3)4;/h6-20,26,29-32H,5,21-24H2,1-4H3;4-18,25-27,30-31H,19-23H2,1-3H3;1-3H3;1H4/t26?,29?,30?,31?,32-;25?,26?,27?,30?,31-;;/m00../s1. The van der Waals surface area contributed by atoms with Crippen molar-refractivity contribution in [2.24, 2.45) is 23.7 Å². The summed E-state index contributed by atoms with van der Waals surface area (Å²) < 4.78 is 21.4. The first-order valence-electron chi connectivity index (χ1n) is 30.1. The summed E-state index contributed by atoms with van der Waals surface area (Å²) in [5.41, 5.74) is 2.10. The number of piperidine rings is 3. The van der Waals surface area contributed by atoms with Crippen molar-refractivity contribution in [2.75, 3.05) is 19.7 Å². The summed E-state index contributed by atoms with van der Waals surface area (Å²) >= 11 is 2.52. The van der Waals surface area contributed by atoms with Gasteiger partial charge in [-0.3, -0.25) is 14.7 Å². The molecule has 0 spiro atoms. The molecule has 4 heterocycles. The maximum Gasteiger partial charge on any atom is 0.410 e. The molecule has 6 fully saturated rings. The average Bonchev–Trinajstić information content (AvgIpc) is 3.87. The number of ether oxygens (including phenoxy) is 1. The van der Waals surface area contributed by atoms with E-state index < -0.39 is 22.2 Å². The summed E-state index contributed by atoms with van der Waals surface area (Å²) in [6, 6.07) is 66.8. The fourth-order valence-corrected chi connectivity index (χ4v) is 25.1. The van der Waals surface area contributed by atoms with Crippen LogP contribution in [0.2, 0.25) is 29.7 Å². The molecule has 6 aromatic carbocycles. The molecular weight excluding hydrogens is 1160 g/mol. The summed E-state index contributed by atoms with van der Waals surface area (Å²) in [5.74, 6) is 2.84. The van der Waals surface area contributed by atoms with Crippen LogP contribution in [-0.4, -0.2) is 99.1 Å². The quantitative estimate of drug-likeness (QED) is 0.0652. The van der Waals surface area contributed by atoms with Crippen molar-refractivity contribution in [3.63, 3.8) is 0 Å². The van der Waals surface area contributed by atoms with E-state index in [4.69, 9.17) is 13.6 Å². The number of benzene rings is 6. The maximum absolute atomic E-state index is 13.5. The Morgan fingerprint density at radius 2 is 0.840 bits per heavy atom. The number of hydrogen-bond donors (Lipinski definition) is 0. The first-order valence-corrected chi connectivity index (χ1v) is 40.5. The van der Waals surface area contributed by atoms with E-state index in [2.05, 4.69) is 280 Å². The number of hydrogen-bond acceptors (Lipinski definition) is 6. The van der Waals surface area contributed by atoms with Gasteiger partial charge in [-0.25, -0.2) is 4.79 Å². The number of carbonyl (C=O) groups is 1. The first-order chi connectivity index (χ1) is 38.3. The van der Waals surface area contributed by atoms with Crippen LogP contribution in [0.3, 0.4) is 0 Å². The van der Waals surface area contributed by atoms with Crippen LogP contribution in [0.5, 0.6) is 0 Å². The van der Waals surface area contributed by atoms with Gasteiger partial charge in [0.2, 0.25) is 0 Å². The van der Waals surface area contributed by atoms with Gasteiger partial charge in [0.25, 0.3) is 16.6 Å². The Hall–Kier alpha value is -4.19. The summed E-state index contributed by atoms with van der Waals surface area (Å²) in [6.07, 6.45) is 6.07. The first kappa shape index (κ1) is 61.4. The number of rotatable bonds is 13. The third-order valence-corrected chi connectivity index (χ3v) is 28.4. The fraction of sp³-hybridized carbons (Fsp3) is 0.471. The Morgan fingerprint density at radius 3 is 1.23 bits per heavy atom. The van der Waals surface area contributed by atoms with E-state index in [1.165, 1.54) is 57.7 Å². The highest BCUT2D eigenvalue weighted by Crippen LogP contribution is 2.55. The van der Waals surface area contributed by atoms with Crippen LogP contribution in [0, 0.1) is 23.7 Å². The van der Waals surface area contributed by atoms with Crippen LogP contribution in [0.15, 0.2) is 182 Å². The molecule has 8 unspecified atom stereocenters. The van der Waals surface area contributed by atoms with E-state index >= 15 is 0 Å². The SMILES string of the molecule is C.CC(C)(C)[Si](O[C@H]1C2CC3CC(C2)C1N(Cc1ccccc1)C3)(c1ccccc1)c1ccccc1.CCOC(=O)N1C2CC3CC1[C@H](O[Si](c1ccccc1)(c1ccccc1)C(C)(C)C)C2N(Cc1ccccc1)C3.C[Si](C)(C)I. The minimum Gasteiger partial charge on any atom is -0.450 e. The predicted octanol–water partition coefficient (Wildman–Crippen LogP) is 14.2. The third kappa shape index (κ3) is 12.9. The Labute approximate surface area is 504 Å². The lowest BCUT2D eigenvalue weighted by Crippen LogP contribution is -2.69. The highest BCUT2D eigenvalue weighted by atomic mass is 127. The van der Waals surface area contributed by atoms with Crippen molar-refractivity contribution in [1.29, 1.82) is 0 Å². The molecule has 12 rings (SSSR count). The average molecular weight is 1250 g/mol. The Bertz CT molecular complexity index is 2840. The molecule has 0 radical (unpaired) electrons. The van der Waals surface area contributed by atoms with Gasteiger partial charge in [0.1, 0.15) is 5.57 Å². The highest BCUT2D eigenvalue weighted by molar-refractivity contribution is 14.1. The van der Waals surface area contributed by atoms with E-state index in [0.29, 0.717) is 30.6 Å². The van der Waals surface area contributed by atoms with Gasteiger partial charge in [-0.05, 0) is 105 Å². The van der Waals surface area contributed by atoms with Crippen LogP contribution in [0.4, 0.5) is 4.79 Å². The molecule has 11 heteroatoms. The fourth-order valence-electron chi connectivity index (χ4n) is 15.6. The van der Waals surface area contributed by atoms with Gasteiger partial charge in [0, 0.05) is 32.2 Å². The topological polar surface area (TPSA) is 54.5 Å². The summed E-state index contributed by atoms with van der Waals surface area (Å²) in [6.45, 7) is 27.7. The Balaban J connectivity index is 0.000000180. The molecule has 6 aromatic rings. The van der Waals surface area contributed by atoms with Crippen LogP contribution in [0.25, 0.3) is 0 Å². The van der Waals surface area contributed by atoms with Crippen molar-refractivity contribution in [3.05, 3.63) is 193 Å². The van der Waals surface area contributed by atoms with E-state index in [0.717, 1.165) is 44.3 Å². The molecule has 10 atom stereocenters. The van der Waals surface area contributed by atoms with E-state index in [-0.39, 0.29) is 47.8 Å². The van der Waals surface area contributed by atoms with Crippen molar-refractivity contribution in [3.8, 4) is 0 Å². The minimum atomic E-state index is -2.82. The van der Waals surface area contributed by atoms with Gasteiger partial charge in [-0.15, -0.1) is 21.8 Å². The molecular formula is C70H94IN3O4Si3. The lowest BCUT2D eigenvalue weighted by atomic mass is 9.78. The molecule has 0 N–H and O–H groups in total. The predicted molar refractivity (Wildman–Crippen MR) is 354 cm³/mol. The minimum absolute atomic E-state index is 0. The number of fused-ring (bicyclic) bond motifs is 4. The van der Waals surface area contributed by atoms with Crippen LogP contribution < -0.4 is 20.7 Å². The summed E-state index contributed by atoms with van der Waals surface area (Å²) in [4.78, 5) is 21.0. The largest absolute Gasteiger partial charge is 0.450 e. The van der Waals surface area contributed by atoms with Crippen molar-refractivity contribution in [2.45, 2.75) is 167 Å².